The zero-order chi connectivity index (χ0) is 8.15. The van der Waals surface area contributed by atoms with E-state index in [9.17, 15) is 4.39 Å². The highest BCUT2D eigenvalue weighted by atomic mass is 19.1. The van der Waals surface area contributed by atoms with Gasteiger partial charge < -0.3 is 0 Å². The average molecular weight is 141 g/mol. The fourth-order valence-electron chi connectivity index (χ4n) is 0.549. The summed E-state index contributed by atoms with van der Waals surface area (Å²) < 4.78 is 12.6. The fraction of sp³-hybridized carbons (Fsp3) is 0.375. The lowest BCUT2D eigenvalue weighted by Gasteiger charge is -1.94. The maximum absolute atomic E-state index is 12.6. The molecule has 0 bridgehead atoms. The highest BCUT2D eigenvalue weighted by Gasteiger charge is 1.95. The molecule has 0 radical (unpaired) electrons. The Balaban J connectivity index is 4.35. The van der Waals surface area contributed by atoms with Gasteiger partial charge >= 0.3 is 0 Å². The Morgan fingerprint density at radius 1 is 1.50 bits per heavy atom. The second-order valence-electron chi connectivity index (χ2n) is 2.07. The van der Waals surface area contributed by atoms with Crippen molar-refractivity contribution in [2.75, 3.05) is 0 Å². The molecule has 0 aliphatic rings. The quantitative estimate of drug-likeness (QED) is 0.524. The molecule has 0 atom stereocenters. The summed E-state index contributed by atoms with van der Waals surface area (Å²) in [4.78, 5) is 3.83. The van der Waals surface area contributed by atoms with Gasteiger partial charge in [-0.1, -0.05) is 6.58 Å². The molecule has 0 heterocycles. The summed E-state index contributed by atoms with van der Waals surface area (Å²) in [6.07, 6.45) is 1.38. The Bertz CT molecular complexity index is 189. The SMILES string of the molecule is C=C(C)/N=C(C)/C(F)=C\C. The van der Waals surface area contributed by atoms with Crippen molar-refractivity contribution in [3.8, 4) is 0 Å². The molecule has 0 saturated heterocycles. The van der Waals surface area contributed by atoms with Crippen LogP contribution in [0.15, 0.2) is 29.2 Å². The minimum Gasteiger partial charge on any atom is -0.256 e. The Labute approximate surface area is 61.0 Å². The van der Waals surface area contributed by atoms with E-state index in [1.807, 2.05) is 0 Å². The molecule has 0 rings (SSSR count). The van der Waals surface area contributed by atoms with E-state index in [0.29, 0.717) is 11.4 Å². The third-order valence-electron chi connectivity index (χ3n) is 0.958. The van der Waals surface area contributed by atoms with E-state index >= 15 is 0 Å². The lowest BCUT2D eigenvalue weighted by atomic mass is 10.3. The first-order valence-corrected chi connectivity index (χ1v) is 3.11. The minimum atomic E-state index is -0.289. The van der Waals surface area contributed by atoms with E-state index in [-0.39, 0.29) is 5.83 Å². The molecule has 0 aliphatic heterocycles. The first kappa shape index (κ1) is 9.08. The van der Waals surface area contributed by atoms with Crippen molar-refractivity contribution in [1.29, 1.82) is 0 Å². The maximum Gasteiger partial charge on any atom is 0.140 e. The van der Waals surface area contributed by atoms with Crippen LogP contribution in [0.1, 0.15) is 20.8 Å². The highest BCUT2D eigenvalue weighted by molar-refractivity contribution is 5.96. The fourth-order valence-corrected chi connectivity index (χ4v) is 0.549. The van der Waals surface area contributed by atoms with Gasteiger partial charge in [0.15, 0.2) is 0 Å². The van der Waals surface area contributed by atoms with E-state index in [1.54, 1.807) is 20.8 Å². The van der Waals surface area contributed by atoms with Crippen molar-refractivity contribution in [3.63, 3.8) is 0 Å². The van der Waals surface area contributed by atoms with Crippen LogP contribution in [0.5, 0.6) is 0 Å². The first-order valence-electron chi connectivity index (χ1n) is 3.11. The van der Waals surface area contributed by atoms with Crippen LogP contribution in [0.3, 0.4) is 0 Å². The van der Waals surface area contributed by atoms with Crippen LogP contribution < -0.4 is 0 Å². The molecule has 0 unspecified atom stereocenters. The lowest BCUT2D eigenvalue weighted by Crippen LogP contribution is -1.90. The maximum atomic E-state index is 12.6. The summed E-state index contributed by atoms with van der Waals surface area (Å²) in [6.45, 7) is 8.51. The molecule has 0 spiro atoms. The van der Waals surface area contributed by atoms with Crippen molar-refractivity contribution in [1.82, 2.24) is 0 Å². The van der Waals surface area contributed by atoms with Crippen molar-refractivity contribution >= 4 is 5.71 Å². The van der Waals surface area contributed by atoms with Crippen molar-refractivity contribution in [3.05, 3.63) is 24.2 Å². The summed E-state index contributed by atoms with van der Waals surface area (Å²) in [5.41, 5.74) is 1.00. The summed E-state index contributed by atoms with van der Waals surface area (Å²) in [7, 11) is 0. The lowest BCUT2D eigenvalue weighted by molar-refractivity contribution is 0.678. The largest absolute Gasteiger partial charge is 0.256 e. The van der Waals surface area contributed by atoms with Gasteiger partial charge in [0.25, 0.3) is 0 Å². The van der Waals surface area contributed by atoms with Crippen LogP contribution in [-0.4, -0.2) is 5.71 Å². The van der Waals surface area contributed by atoms with Gasteiger partial charge in [0.2, 0.25) is 0 Å². The minimum absolute atomic E-state index is 0.289. The molecular formula is C8H12FN. The van der Waals surface area contributed by atoms with Crippen molar-refractivity contribution < 1.29 is 4.39 Å². The number of hydrogen-bond acceptors (Lipinski definition) is 1. The topological polar surface area (TPSA) is 12.4 Å². The van der Waals surface area contributed by atoms with Gasteiger partial charge in [-0.3, -0.25) is 4.99 Å². The summed E-state index contributed by atoms with van der Waals surface area (Å²) in [5, 5.41) is 0. The number of hydrogen-bond donors (Lipinski definition) is 0. The molecule has 0 fully saturated rings. The van der Waals surface area contributed by atoms with E-state index in [4.69, 9.17) is 0 Å². The second-order valence-corrected chi connectivity index (χ2v) is 2.07. The Morgan fingerprint density at radius 2 is 2.00 bits per heavy atom. The third kappa shape index (κ3) is 3.17. The third-order valence-corrected chi connectivity index (χ3v) is 0.958. The number of halogens is 1. The predicted octanol–water partition coefficient (Wildman–Crippen LogP) is 2.85. The number of aliphatic imine (C=N–C) groups is 1. The number of nitrogens with zero attached hydrogens (tertiary/aromatic N) is 1. The monoisotopic (exact) mass is 141 g/mol. The highest BCUT2D eigenvalue weighted by Crippen LogP contribution is 2.02. The standard InChI is InChI=1S/C8H12FN/c1-5-8(9)7(4)10-6(2)3/h5H,2H2,1,3-4H3/b8-5+,10-7+. The Kier molecular flexibility index (Phi) is 3.62. The second kappa shape index (κ2) is 3.99. The zero-order valence-corrected chi connectivity index (χ0v) is 6.61. The molecule has 0 saturated carbocycles. The number of rotatable bonds is 2. The molecule has 0 N–H and O–H groups in total. The number of allylic oxidation sites excluding steroid dienone is 3. The molecule has 10 heavy (non-hydrogen) atoms. The first-order chi connectivity index (χ1) is 4.57. The van der Waals surface area contributed by atoms with Crippen molar-refractivity contribution in [2.45, 2.75) is 20.8 Å². The van der Waals surface area contributed by atoms with Crippen molar-refractivity contribution in [2.24, 2.45) is 4.99 Å². The van der Waals surface area contributed by atoms with E-state index < -0.39 is 0 Å². The molecule has 0 aromatic carbocycles. The van der Waals surface area contributed by atoms with Gasteiger partial charge in [-0.25, -0.2) is 4.39 Å². The average Bonchev–Trinajstić information content (AvgIpc) is 1.85. The molecule has 0 aromatic rings. The summed E-state index contributed by atoms with van der Waals surface area (Å²) in [5.74, 6) is -0.289. The van der Waals surface area contributed by atoms with Crippen LogP contribution >= 0.6 is 0 Å². The molecule has 56 valence electrons. The van der Waals surface area contributed by atoms with Gasteiger partial charge in [-0.2, -0.15) is 0 Å². The summed E-state index contributed by atoms with van der Waals surface area (Å²) >= 11 is 0. The van der Waals surface area contributed by atoms with Crippen LogP contribution in [0.2, 0.25) is 0 Å². The van der Waals surface area contributed by atoms with Crippen LogP contribution in [0.25, 0.3) is 0 Å². The Morgan fingerprint density at radius 3 is 2.30 bits per heavy atom. The molecule has 1 nitrogen and oxygen atoms in total. The zero-order valence-electron chi connectivity index (χ0n) is 6.61. The van der Waals surface area contributed by atoms with Gasteiger partial charge in [-0.05, 0) is 26.8 Å². The van der Waals surface area contributed by atoms with E-state index in [2.05, 4.69) is 11.6 Å². The smallest absolute Gasteiger partial charge is 0.140 e. The molecular weight excluding hydrogens is 129 g/mol. The van der Waals surface area contributed by atoms with E-state index in [0.717, 1.165) is 0 Å². The van der Waals surface area contributed by atoms with Gasteiger partial charge in [0.1, 0.15) is 5.83 Å². The van der Waals surface area contributed by atoms with Crippen LogP contribution in [-0.2, 0) is 0 Å². The predicted molar refractivity (Wildman–Crippen MR) is 42.8 cm³/mol. The van der Waals surface area contributed by atoms with Gasteiger partial charge in [0, 0.05) is 5.70 Å². The molecule has 0 amide bonds. The van der Waals surface area contributed by atoms with Crippen LogP contribution in [0, 0.1) is 0 Å². The molecule has 0 aliphatic carbocycles. The molecule has 0 aromatic heterocycles. The summed E-state index contributed by atoms with van der Waals surface area (Å²) in [6, 6.07) is 0. The van der Waals surface area contributed by atoms with Gasteiger partial charge in [0.05, 0.1) is 5.71 Å². The molecule has 2 heteroatoms. The van der Waals surface area contributed by atoms with Crippen LogP contribution in [0.4, 0.5) is 4.39 Å². The normalized spacial score (nSPS) is 13.6. The van der Waals surface area contributed by atoms with Gasteiger partial charge in [-0.15, -0.1) is 0 Å². The van der Waals surface area contributed by atoms with E-state index in [1.165, 1.54) is 6.08 Å². The Hall–Kier alpha value is -0.920.